The Labute approximate surface area is 161 Å². The Morgan fingerprint density at radius 1 is 1.07 bits per heavy atom. The summed E-state index contributed by atoms with van der Waals surface area (Å²) in [7, 11) is 0. The van der Waals surface area contributed by atoms with Gasteiger partial charge >= 0.3 is 12.0 Å². The largest absolute Gasteiger partial charge is 0.478 e. The second kappa shape index (κ2) is 8.22. The van der Waals surface area contributed by atoms with E-state index in [1.165, 1.54) is 12.3 Å². The highest BCUT2D eigenvalue weighted by Gasteiger charge is 2.10. The summed E-state index contributed by atoms with van der Waals surface area (Å²) in [6, 6.07) is 15.2. The topological polar surface area (TPSA) is 104 Å². The van der Waals surface area contributed by atoms with Crippen LogP contribution in [0.4, 0.5) is 10.5 Å². The van der Waals surface area contributed by atoms with Crippen LogP contribution < -0.4 is 10.7 Å². The van der Waals surface area contributed by atoms with Crippen molar-refractivity contribution >= 4 is 23.9 Å². The number of carbonyl (C=O) groups is 2. The minimum absolute atomic E-state index is 0.221. The maximum absolute atomic E-state index is 11.9. The third-order valence-corrected chi connectivity index (χ3v) is 4.00. The Kier molecular flexibility index (Phi) is 5.55. The highest BCUT2D eigenvalue weighted by molar-refractivity contribution is 5.90. The van der Waals surface area contributed by atoms with Crippen molar-refractivity contribution in [3.63, 3.8) is 0 Å². The number of urea groups is 1. The van der Waals surface area contributed by atoms with Crippen molar-refractivity contribution in [2.45, 2.75) is 13.8 Å². The average Bonchev–Trinajstić information content (AvgIpc) is 3.10. The van der Waals surface area contributed by atoms with Crippen molar-refractivity contribution < 1.29 is 19.1 Å². The molecule has 3 rings (SSSR count). The molecule has 1 heterocycles. The normalized spacial score (nSPS) is 10.8. The molecule has 0 aliphatic heterocycles. The molecule has 2 aromatic carbocycles. The lowest BCUT2D eigenvalue weighted by atomic mass is 10.0. The van der Waals surface area contributed by atoms with Gasteiger partial charge in [-0.2, -0.15) is 5.10 Å². The molecule has 7 nitrogen and oxygen atoms in total. The average molecular weight is 377 g/mol. The van der Waals surface area contributed by atoms with Gasteiger partial charge in [-0.3, -0.25) is 0 Å². The number of carboxylic acids is 1. The Bertz CT molecular complexity index is 1050. The van der Waals surface area contributed by atoms with E-state index in [2.05, 4.69) is 15.8 Å². The van der Waals surface area contributed by atoms with Crippen LogP contribution in [0, 0.1) is 13.8 Å². The number of hydrogen-bond acceptors (Lipinski definition) is 4. The minimum atomic E-state index is -0.975. The monoisotopic (exact) mass is 377 g/mol. The zero-order chi connectivity index (χ0) is 20.1. The fraction of sp³-hybridized carbons (Fsp3) is 0.0952. The maximum atomic E-state index is 11.9. The molecular formula is C21H19N3O4. The molecule has 0 aliphatic carbocycles. The van der Waals surface area contributed by atoms with Crippen molar-refractivity contribution in [2.24, 2.45) is 5.10 Å². The van der Waals surface area contributed by atoms with E-state index in [0.29, 0.717) is 17.2 Å². The molecule has 0 saturated carbocycles. The van der Waals surface area contributed by atoms with Gasteiger partial charge in [0.1, 0.15) is 11.5 Å². The minimum Gasteiger partial charge on any atom is -0.478 e. The van der Waals surface area contributed by atoms with Gasteiger partial charge in [0.15, 0.2) is 0 Å². The van der Waals surface area contributed by atoms with Gasteiger partial charge in [0.25, 0.3) is 0 Å². The first-order chi connectivity index (χ1) is 13.4. The number of carboxylic acid groups (broad SMARTS) is 1. The lowest BCUT2D eigenvalue weighted by Gasteiger charge is -2.04. The molecular weight excluding hydrogens is 358 g/mol. The third-order valence-electron chi connectivity index (χ3n) is 4.00. The first-order valence-electron chi connectivity index (χ1n) is 8.53. The van der Waals surface area contributed by atoms with E-state index in [-0.39, 0.29) is 5.56 Å². The fourth-order valence-electron chi connectivity index (χ4n) is 2.68. The molecule has 1 aromatic heterocycles. The van der Waals surface area contributed by atoms with E-state index < -0.39 is 12.0 Å². The number of benzene rings is 2. The number of nitrogens with one attached hydrogen (secondary N) is 2. The van der Waals surface area contributed by atoms with Crippen LogP contribution in [0.25, 0.3) is 11.3 Å². The summed E-state index contributed by atoms with van der Waals surface area (Å²) in [4.78, 5) is 22.9. The molecule has 0 radical (unpaired) electrons. The number of rotatable bonds is 5. The van der Waals surface area contributed by atoms with Gasteiger partial charge in [0.2, 0.25) is 0 Å². The van der Waals surface area contributed by atoms with E-state index in [0.717, 1.165) is 16.7 Å². The molecule has 0 unspecified atom stereocenters. The highest BCUT2D eigenvalue weighted by atomic mass is 16.4. The van der Waals surface area contributed by atoms with Crippen LogP contribution in [0.2, 0.25) is 0 Å². The summed E-state index contributed by atoms with van der Waals surface area (Å²) < 4.78 is 5.70. The van der Waals surface area contributed by atoms with Crippen molar-refractivity contribution in [3.8, 4) is 11.3 Å². The van der Waals surface area contributed by atoms with Gasteiger partial charge in [0, 0.05) is 11.3 Å². The van der Waals surface area contributed by atoms with E-state index in [1.807, 2.05) is 32.0 Å². The number of aryl methyl sites for hydroxylation is 2. The highest BCUT2D eigenvalue weighted by Crippen LogP contribution is 2.26. The van der Waals surface area contributed by atoms with Crippen LogP contribution in [-0.2, 0) is 0 Å². The number of aromatic carboxylic acids is 1. The van der Waals surface area contributed by atoms with Crippen LogP contribution in [0.1, 0.15) is 27.2 Å². The molecule has 0 fully saturated rings. The van der Waals surface area contributed by atoms with Gasteiger partial charge < -0.3 is 14.8 Å². The molecule has 142 valence electrons. The summed E-state index contributed by atoms with van der Waals surface area (Å²) >= 11 is 0. The number of hydrazone groups is 1. The van der Waals surface area contributed by atoms with Crippen LogP contribution >= 0.6 is 0 Å². The number of anilines is 1. The lowest BCUT2D eigenvalue weighted by Crippen LogP contribution is -2.24. The summed E-state index contributed by atoms with van der Waals surface area (Å²) in [5.41, 5.74) is 5.88. The van der Waals surface area contributed by atoms with Crippen molar-refractivity contribution in [1.29, 1.82) is 0 Å². The molecule has 28 heavy (non-hydrogen) atoms. The van der Waals surface area contributed by atoms with E-state index in [4.69, 9.17) is 9.52 Å². The smallest absolute Gasteiger partial charge is 0.339 e. The first-order valence-corrected chi connectivity index (χ1v) is 8.53. The number of hydrogen-bond donors (Lipinski definition) is 3. The van der Waals surface area contributed by atoms with Gasteiger partial charge in [-0.15, -0.1) is 0 Å². The van der Waals surface area contributed by atoms with Crippen molar-refractivity contribution in [1.82, 2.24) is 5.43 Å². The fourth-order valence-corrected chi connectivity index (χ4v) is 2.68. The first kappa shape index (κ1) is 18.9. The van der Waals surface area contributed by atoms with Gasteiger partial charge in [-0.05, 0) is 61.4 Å². The molecule has 7 heteroatoms. The number of nitrogens with zero attached hydrogens (tertiary/aromatic N) is 1. The van der Waals surface area contributed by atoms with Gasteiger partial charge in [-0.25, -0.2) is 15.0 Å². The number of furan rings is 1. The van der Waals surface area contributed by atoms with Crippen molar-refractivity contribution in [3.05, 3.63) is 77.0 Å². The molecule has 2 amide bonds. The maximum Gasteiger partial charge on any atom is 0.339 e. The van der Waals surface area contributed by atoms with Crippen LogP contribution in [0.3, 0.4) is 0 Å². The van der Waals surface area contributed by atoms with E-state index in [1.54, 1.807) is 30.3 Å². The van der Waals surface area contributed by atoms with Gasteiger partial charge in [-0.1, -0.05) is 18.2 Å². The Balaban J connectivity index is 1.63. The van der Waals surface area contributed by atoms with E-state index >= 15 is 0 Å². The van der Waals surface area contributed by atoms with Crippen molar-refractivity contribution in [2.75, 3.05) is 5.32 Å². The SMILES string of the molecule is Cc1cccc(NC(=O)N/N=C/c2ccc(-c3ccc(C(=O)O)cc3C)o2)c1. The summed E-state index contributed by atoms with van der Waals surface area (Å²) in [5.74, 6) is 0.0598. The predicted octanol–water partition coefficient (Wildman–Crippen LogP) is 4.42. The standard InChI is InChI=1S/C21H19N3O4/c1-13-4-3-5-16(10-13)23-21(27)24-22-12-17-7-9-19(28-17)18-8-6-15(20(25)26)11-14(18)2/h3-12H,1-2H3,(H,25,26)(H2,23,24,27)/b22-12+. The number of carbonyl (C=O) groups excluding carboxylic acids is 1. The predicted molar refractivity (Wildman–Crippen MR) is 107 cm³/mol. The lowest BCUT2D eigenvalue weighted by molar-refractivity contribution is 0.0696. The molecule has 3 aromatic rings. The Morgan fingerprint density at radius 3 is 2.61 bits per heavy atom. The third kappa shape index (κ3) is 4.64. The van der Waals surface area contributed by atoms with Crippen LogP contribution in [-0.4, -0.2) is 23.3 Å². The quantitative estimate of drug-likeness (QED) is 0.452. The Morgan fingerprint density at radius 2 is 1.89 bits per heavy atom. The van der Waals surface area contributed by atoms with Gasteiger partial charge in [0.05, 0.1) is 11.8 Å². The molecule has 0 saturated heterocycles. The number of amides is 2. The van der Waals surface area contributed by atoms with Crippen LogP contribution in [0.15, 0.2) is 64.1 Å². The molecule has 3 N–H and O–H groups in total. The molecule has 0 aliphatic rings. The zero-order valence-corrected chi connectivity index (χ0v) is 15.4. The summed E-state index contributed by atoms with van der Waals surface area (Å²) in [5, 5.41) is 15.6. The van der Waals surface area contributed by atoms with Crippen LogP contribution in [0.5, 0.6) is 0 Å². The summed E-state index contributed by atoms with van der Waals surface area (Å²) in [6.45, 7) is 3.75. The summed E-state index contributed by atoms with van der Waals surface area (Å²) in [6.07, 6.45) is 1.39. The molecule has 0 bridgehead atoms. The van der Waals surface area contributed by atoms with E-state index in [9.17, 15) is 9.59 Å². The zero-order valence-electron chi connectivity index (χ0n) is 15.4. The second-order valence-corrected chi connectivity index (χ2v) is 6.23. The second-order valence-electron chi connectivity index (χ2n) is 6.23. The molecule has 0 spiro atoms. The Hall–Kier alpha value is -3.87. The molecule has 0 atom stereocenters.